The van der Waals surface area contributed by atoms with Crippen LogP contribution in [0.15, 0.2) is 18.5 Å². The number of hydrogen-bond acceptors (Lipinski definition) is 7. The summed E-state index contributed by atoms with van der Waals surface area (Å²) in [6, 6.07) is 3.12. The number of imidazole rings is 1. The molecule has 0 saturated carbocycles. The van der Waals surface area contributed by atoms with Gasteiger partial charge >= 0.3 is 0 Å². The first-order valence-electron chi connectivity index (χ1n) is 10.6. The second kappa shape index (κ2) is 9.07. The highest BCUT2D eigenvalue weighted by Crippen LogP contribution is 2.38. The number of carbonyl (C=O) groups is 2. The summed E-state index contributed by atoms with van der Waals surface area (Å²) in [7, 11) is 4.47. The number of piperidine rings is 1. The molecule has 1 aromatic heterocycles. The number of H-pyrrole nitrogens is 1. The molecule has 0 aliphatic carbocycles. The molecule has 10 heteroatoms. The third kappa shape index (κ3) is 3.97. The van der Waals surface area contributed by atoms with E-state index in [2.05, 4.69) is 20.6 Å². The minimum absolute atomic E-state index is 0.0798. The van der Waals surface area contributed by atoms with Crippen molar-refractivity contribution in [2.45, 2.75) is 24.8 Å². The van der Waals surface area contributed by atoms with Crippen LogP contribution in [0.1, 0.15) is 34.6 Å². The summed E-state index contributed by atoms with van der Waals surface area (Å²) in [5.41, 5.74) is 2.40. The first-order valence-corrected chi connectivity index (χ1v) is 10.6. The Morgan fingerprint density at radius 3 is 2.44 bits per heavy atom. The number of nitrogens with one attached hydrogen (secondary N) is 3. The van der Waals surface area contributed by atoms with Crippen LogP contribution >= 0.6 is 0 Å². The molecular formula is C22H29N5O5. The van der Waals surface area contributed by atoms with Gasteiger partial charge in [-0.3, -0.25) is 9.59 Å². The Labute approximate surface area is 186 Å². The Kier molecular flexibility index (Phi) is 6.22. The molecule has 0 unspecified atom stereocenters. The van der Waals surface area contributed by atoms with Crippen molar-refractivity contribution < 1.29 is 23.8 Å². The average Bonchev–Trinajstić information content (AvgIpc) is 3.32. The van der Waals surface area contributed by atoms with Crippen LogP contribution in [0.3, 0.4) is 0 Å². The molecule has 4 rings (SSSR count). The lowest BCUT2D eigenvalue weighted by atomic mass is 9.80. The van der Waals surface area contributed by atoms with Crippen molar-refractivity contribution in [2.75, 3.05) is 47.5 Å². The molecule has 1 saturated heterocycles. The Morgan fingerprint density at radius 1 is 1.12 bits per heavy atom. The Morgan fingerprint density at radius 2 is 1.81 bits per heavy atom. The minimum Gasteiger partial charge on any atom is -0.493 e. The van der Waals surface area contributed by atoms with E-state index in [1.807, 2.05) is 0 Å². The third-order valence-corrected chi connectivity index (χ3v) is 6.31. The van der Waals surface area contributed by atoms with Gasteiger partial charge in [-0.2, -0.15) is 0 Å². The highest BCUT2D eigenvalue weighted by Gasteiger charge is 2.42. The number of fused-ring (bicyclic) bond motifs is 2. The van der Waals surface area contributed by atoms with Crippen LogP contribution in [-0.4, -0.2) is 74.2 Å². The van der Waals surface area contributed by atoms with Crippen LogP contribution in [0.25, 0.3) is 0 Å². The van der Waals surface area contributed by atoms with Gasteiger partial charge < -0.3 is 34.7 Å². The van der Waals surface area contributed by atoms with Gasteiger partial charge in [-0.05, 0) is 25.0 Å². The zero-order valence-corrected chi connectivity index (χ0v) is 18.6. The van der Waals surface area contributed by atoms with Gasteiger partial charge in [0.2, 0.25) is 11.7 Å². The third-order valence-electron chi connectivity index (χ3n) is 6.31. The molecule has 3 heterocycles. The molecule has 0 atom stereocenters. The van der Waals surface area contributed by atoms with Gasteiger partial charge in [-0.1, -0.05) is 0 Å². The fourth-order valence-electron chi connectivity index (χ4n) is 4.57. The Hall–Kier alpha value is -3.27. The van der Waals surface area contributed by atoms with Crippen molar-refractivity contribution >= 4 is 11.8 Å². The summed E-state index contributed by atoms with van der Waals surface area (Å²) < 4.78 is 15.9. The highest BCUT2D eigenvalue weighted by atomic mass is 16.5. The van der Waals surface area contributed by atoms with Gasteiger partial charge in [-0.15, -0.1) is 0 Å². The predicted octanol–water partition coefficient (Wildman–Crippen LogP) is 0.829. The maximum atomic E-state index is 12.7. The van der Waals surface area contributed by atoms with Gasteiger partial charge in [0.25, 0.3) is 5.91 Å². The molecule has 1 fully saturated rings. The Balaban J connectivity index is 1.36. The highest BCUT2D eigenvalue weighted by molar-refractivity contribution is 5.97. The van der Waals surface area contributed by atoms with Gasteiger partial charge in [-0.25, -0.2) is 4.98 Å². The smallest absolute Gasteiger partial charge is 0.251 e. The summed E-state index contributed by atoms with van der Waals surface area (Å²) in [6.07, 6.45) is 4.26. The lowest BCUT2D eigenvalue weighted by molar-refractivity contribution is -0.132. The lowest BCUT2D eigenvalue weighted by Gasteiger charge is -2.44. The van der Waals surface area contributed by atoms with Crippen LogP contribution in [0.2, 0.25) is 0 Å². The van der Waals surface area contributed by atoms with Crippen molar-refractivity contribution in [1.29, 1.82) is 0 Å². The lowest BCUT2D eigenvalue weighted by Crippen LogP contribution is -2.56. The van der Waals surface area contributed by atoms with E-state index in [9.17, 15) is 9.59 Å². The van der Waals surface area contributed by atoms with E-state index in [0.29, 0.717) is 35.9 Å². The molecule has 2 amide bonds. The van der Waals surface area contributed by atoms with Crippen molar-refractivity contribution in [3.05, 3.63) is 35.4 Å². The van der Waals surface area contributed by atoms with E-state index in [0.717, 1.165) is 31.5 Å². The van der Waals surface area contributed by atoms with Gasteiger partial charge in [0, 0.05) is 37.3 Å². The van der Waals surface area contributed by atoms with E-state index in [-0.39, 0.29) is 23.9 Å². The quantitative estimate of drug-likeness (QED) is 0.605. The van der Waals surface area contributed by atoms with Crippen LogP contribution in [0, 0.1) is 0 Å². The van der Waals surface area contributed by atoms with Crippen molar-refractivity contribution in [3.8, 4) is 17.2 Å². The molecule has 172 valence electrons. The van der Waals surface area contributed by atoms with Crippen LogP contribution < -0.4 is 24.8 Å². The SMILES string of the molecule is COc1cc(C(=O)NCC(=O)N2CCC3(CC2)NCCc2[nH]cnc23)cc(OC)c1OC. The molecule has 10 nitrogen and oxygen atoms in total. The summed E-state index contributed by atoms with van der Waals surface area (Å²) in [5.74, 6) is 0.658. The normalized spacial score (nSPS) is 16.9. The van der Waals surface area contributed by atoms with E-state index in [1.165, 1.54) is 27.0 Å². The number of ether oxygens (including phenoxy) is 3. The molecule has 2 aliphatic rings. The van der Waals surface area contributed by atoms with Gasteiger partial charge in [0.15, 0.2) is 11.5 Å². The number of hydrogen-bond donors (Lipinski definition) is 3. The first-order chi connectivity index (χ1) is 15.5. The summed E-state index contributed by atoms with van der Waals surface area (Å²) >= 11 is 0. The number of likely N-dealkylation sites (tertiary alicyclic amines) is 1. The average molecular weight is 444 g/mol. The number of benzene rings is 1. The number of nitrogens with zero attached hydrogens (tertiary/aromatic N) is 2. The molecule has 3 N–H and O–H groups in total. The molecule has 2 aromatic rings. The van der Waals surface area contributed by atoms with Crippen molar-refractivity contribution in [2.24, 2.45) is 0 Å². The van der Waals surface area contributed by atoms with E-state index >= 15 is 0 Å². The van der Waals surface area contributed by atoms with E-state index in [1.54, 1.807) is 23.4 Å². The standard InChI is InChI=1S/C22H29N5O5/c1-30-16-10-14(11-17(31-2)19(16)32-3)21(29)23-12-18(28)27-8-5-22(6-9-27)20-15(4-7-26-22)24-13-25-20/h10-11,13,26H,4-9,12H2,1-3H3,(H,23,29)(H,24,25). The molecule has 0 bridgehead atoms. The second-order valence-electron chi connectivity index (χ2n) is 7.97. The number of aromatic nitrogens is 2. The number of carbonyl (C=O) groups excluding carboxylic acids is 2. The van der Waals surface area contributed by atoms with Crippen LogP contribution in [0.5, 0.6) is 17.2 Å². The monoisotopic (exact) mass is 443 g/mol. The first kappa shape index (κ1) is 21.9. The zero-order valence-electron chi connectivity index (χ0n) is 18.6. The molecule has 0 radical (unpaired) electrons. The number of methoxy groups -OCH3 is 3. The summed E-state index contributed by atoms with van der Waals surface area (Å²) in [5, 5.41) is 6.32. The van der Waals surface area contributed by atoms with Gasteiger partial charge in [0.1, 0.15) is 0 Å². The molecule has 1 spiro atoms. The topological polar surface area (TPSA) is 118 Å². The number of rotatable bonds is 6. The fourth-order valence-corrected chi connectivity index (χ4v) is 4.57. The minimum atomic E-state index is -0.388. The summed E-state index contributed by atoms with van der Waals surface area (Å²) in [4.78, 5) is 35.0. The van der Waals surface area contributed by atoms with E-state index < -0.39 is 0 Å². The molecule has 32 heavy (non-hydrogen) atoms. The largest absolute Gasteiger partial charge is 0.493 e. The number of amides is 2. The zero-order chi connectivity index (χ0) is 22.7. The van der Waals surface area contributed by atoms with Gasteiger partial charge in [0.05, 0.1) is 45.4 Å². The van der Waals surface area contributed by atoms with Crippen molar-refractivity contribution in [3.63, 3.8) is 0 Å². The van der Waals surface area contributed by atoms with Crippen LogP contribution in [-0.2, 0) is 16.8 Å². The molecular weight excluding hydrogens is 414 g/mol. The maximum absolute atomic E-state index is 12.7. The van der Waals surface area contributed by atoms with E-state index in [4.69, 9.17) is 14.2 Å². The maximum Gasteiger partial charge on any atom is 0.251 e. The van der Waals surface area contributed by atoms with Crippen LogP contribution in [0.4, 0.5) is 0 Å². The predicted molar refractivity (Wildman–Crippen MR) is 116 cm³/mol. The fraction of sp³-hybridized carbons (Fsp3) is 0.500. The van der Waals surface area contributed by atoms with Crippen molar-refractivity contribution in [1.82, 2.24) is 25.5 Å². The Bertz CT molecular complexity index is 971. The molecule has 2 aliphatic heterocycles. The number of aromatic amines is 1. The summed E-state index contributed by atoms with van der Waals surface area (Å²) in [6.45, 7) is 2.04. The second-order valence-corrected chi connectivity index (χ2v) is 7.97. The molecule has 1 aromatic carbocycles.